The lowest BCUT2D eigenvalue weighted by molar-refractivity contribution is -0.163. The molecular formula is C6H7Cl3O5. The second-order valence-corrected chi connectivity index (χ2v) is 4.38. The molecule has 0 spiro atoms. The molecular weight excluding hydrogens is 258 g/mol. The second kappa shape index (κ2) is 5.60. The van der Waals surface area contributed by atoms with E-state index < -0.39 is 28.6 Å². The van der Waals surface area contributed by atoms with E-state index in [0.717, 1.165) is 0 Å². The lowest BCUT2D eigenvalue weighted by Crippen LogP contribution is -2.26. The molecule has 0 aliphatic heterocycles. The van der Waals surface area contributed by atoms with E-state index in [0.29, 0.717) is 0 Å². The summed E-state index contributed by atoms with van der Waals surface area (Å²) in [7, 11) is 0. The smallest absolute Gasteiger partial charge is 0.347 e. The topological polar surface area (TPSA) is 72.8 Å². The molecule has 0 radical (unpaired) electrons. The van der Waals surface area contributed by atoms with Gasteiger partial charge in [0.25, 0.3) is 0 Å². The highest BCUT2D eigenvalue weighted by Gasteiger charge is 2.26. The van der Waals surface area contributed by atoms with E-state index in [-0.39, 0.29) is 0 Å². The maximum atomic E-state index is 10.8. The van der Waals surface area contributed by atoms with Crippen LogP contribution in [0.25, 0.3) is 0 Å². The number of rotatable bonds is 3. The van der Waals surface area contributed by atoms with Gasteiger partial charge in [0.15, 0.2) is 6.61 Å². The van der Waals surface area contributed by atoms with Gasteiger partial charge < -0.3 is 14.6 Å². The Balaban J connectivity index is 3.81. The van der Waals surface area contributed by atoms with Gasteiger partial charge in [0.2, 0.25) is 0 Å². The van der Waals surface area contributed by atoms with Crippen molar-refractivity contribution < 1.29 is 24.2 Å². The monoisotopic (exact) mass is 264 g/mol. The standard InChI is InChI=1S/C6H7Cl3O5/c1-3(10)5(12)13-2-4(11)14-6(7,8)9/h3,10H,2H2,1H3. The van der Waals surface area contributed by atoms with Crippen LogP contribution in [-0.2, 0) is 19.1 Å². The first kappa shape index (κ1) is 13.8. The van der Waals surface area contributed by atoms with Gasteiger partial charge >= 0.3 is 15.9 Å². The third kappa shape index (κ3) is 7.20. The Kier molecular flexibility index (Phi) is 5.51. The van der Waals surface area contributed by atoms with Gasteiger partial charge in [0, 0.05) is 0 Å². The summed E-state index contributed by atoms with van der Waals surface area (Å²) in [6, 6.07) is 0. The van der Waals surface area contributed by atoms with Crippen LogP contribution < -0.4 is 0 Å². The third-order valence-electron chi connectivity index (χ3n) is 0.903. The molecule has 0 saturated heterocycles. The number of halogens is 3. The number of aliphatic hydroxyl groups excluding tert-OH is 1. The van der Waals surface area contributed by atoms with Crippen LogP contribution in [-0.4, -0.2) is 33.7 Å². The first-order valence-electron chi connectivity index (χ1n) is 3.35. The maximum Gasteiger partial charge on any atom is 0.347 e. The minimum atomic E-state index is -2.19. The average Bonchev–Trinajstić information content (AvgIpc) is 1.96. The lowest BCUT2D eigenvalue weighted by Gasteiger charge is -2.12. The molecule has 1 N–H and O–H groups in total. The predicted molar refractivity (Wildman–Crippen MR) is 49.0 cm³/mol. The van der Waals surface area contributed by atoms with Gasteiger partial charge in [-0.25, -0.2) is 9.59 Å². The molecule has 0 aromatic rings. The van der Waals surface area contributed by atoms with Crippen LogP contribution in [0, 0.1) is 0 Å². The van der Waals surface area contributed by atoms with Gasteiger partial charge in [-0.15, -0.1) is 0 Å². The Morgan fingerprint density at radius 1 is 1.43 bits per heavy atom. The SMILES string of the molecule is CC(O)C(=O)OCC(=O)OC(Cl)(Cl)Cl. The summed E-state index contributed by atoms with van der Waals surface area (Å²) < 4.78 is 6.25. The molecule has 0 aromatic carbocycles. The summed E-state index contributed by atoms with van der Waals surface area (Å²) in [5.41, 5.74) is 0. The van der Waals surface area contributed by atoms with Gasteiger partial charge in [-0.2, -0.15) is 0 Å². The number of carbonyl (C=O) groups excluding carboxylic acids is 2. The van der Waals surface area contributed by atoms with Gasteiger partial charge in [-0.3, -0.25) is 0 Å². The number of ether oxygens (including phenoxy) is 2. The van der Waals surface area contributed by atoms with Crippen LogP contribution >= 0.6 is 34.8 Å². The Bertz CT molecular complexity index is 222. The molecule has 82 valence electrons. The van der Waals surface area contributed by atoms with E-state index in [4.69, 9.17) is 39.9 Å². The molecule has 8 heteroatoms. The van der Waals surface area contributed by atoms with Crippen molar-refractivity contribution >= 4 is 46.7 Å². The fourth-order valence-corrected chi connectivity index (χ4v) is 0.667. The molecule has 0 aromatic heterocycles. The predicted octanol–water partition coefficient (Wildman–Crippen LogP) is 0.781. The van der Waals surface area contributed by atoms with Crippen molar-refractivity contribution in [1.29, 1.82) is 0 Å². The van der Waals surface area contributed by atoms with Crippen molar-refractivity contribution in [1.82, 2.24) is 0 Å². The first-order chi connectivity index (χ1) is 6.22. The Labute approximate surface area is 94.8 Å². The molecule has 1 atom stereocenters. The Morgan fingerprint density at radius 2 is 1.93 bits per heavy atom. The summed E-state index contributed by atoms with van der Waals surface area (Å²) in [6.45, 7) is 0.459. The van der Waals surface area contributed by atoms with Crippen molar-refractivity contribution in [2.45, 2.75) is 17.0 Å². The van der Waals surface area contributed by atoms with Crippen molar-refractivity contribution in [3.63, 3.8) is 0 Å². The lowest BCUT2D eigenvalue weighted by atomic mass is 10.4. The number of aliphatic hydroxyl groups is 1. The second-order valence-electron chi connectivity index (χ2n) is 2.20. The average molecular weight is 265 g/mol. The van der Waals surface area contributed by atoms with Gasteiger partial charge in [-0.1, -0.05) is 0 Å². The van der Waals surface area contributed by atoms with Crippen LogP contribution in [0.2, 0.25) is 0 Å². The fourth-order valence-electron chi connectivity index (χ4n) is 0.409. The Hall–Kier alpha value is -0.230. The number of esters is 2. The molecule has 0 saturated carbocycles. The Morgan fingerprint density at radius 3 is 2.29 bits per heavy atom. The highest BCUT2D eigenvalue weighted by atomic mass is 35.6. The fraction of sp³-hybridized carbons (Fsp3) is 0.667. The summed E-state index contributed by atoms with van der Waals surface area (Å²) >= 11 is 15.3. The van der Waals surface area contributed by atoms with E-state index in [9.17, 15) is 9.59 Å². The van der Waals surface area contributed by atoms with Gasteiger partial charge in [0.1, 0.15) is 6.10 Å². The van der Waals surface area contributed by atoms with Crippen LogP contribution in [0.4, 0.5) is 0 Å². The highest BCUT2D eigenvalue weighted by molar-refractivity contribution is 6.66. The van der Waals surface area contributed by atoms with E-state index in [1.807, 2.05) is 0 Å². The molecule has 0 bridgehead atoms. The van der Waals surface area contributed by atoms with E-state index in [2.05, 4.69) is 9.47 Å². The largest absolute Gasteiger partial charge is 0.452 e. The normalized spacial score (nSPS) is 13.2. The zero-order valence-corrected chi connectivity index (χ0v) is 9.27. The van der Waals surface area contributed by atoms with E-state index >= 15 is 0 Å². The minimum absolute atomic E-state index is 0.725. The number of hydrogen-bond acceptors (Lipinski definition) is 5. The van der Waals surface area contributed by atoms with Crippen LogP contribution in [0.15, 0.2) is 0 Å². The molecule has 5 nitrogen and oxygen atoms in total. The van der Waals surface area contributed by atoms with Crippen LogP contribution in [0.1, 0.15) is 6.92 Å². The molecule has 14 heavy (non-hydrogen) atoms. The van der Waals surface area contributed by atoms with Crippen molar-refractivity contribution in [3.8, 4) is 0 Å². The maximum absolute atomic E-state index is 10.8. The molecule has 0 aliphatic rings. The van der Waals surface area contributed by atoms with Crippen LogP contribution in [0.5, 0.6) is 0 Å². The van der Waals surface area contributed by atoms with Gasteiger partial charge in [-0.05, 0) is 41.7 Å². The highest BCUT2D eigenvalue weighted by Crippen LogP contribution is 2.27. The molecule has 0 fully saturated rings. The van der Waals surface area contributed by atoms with Gasteiger partial charge in [0.05, 0.1) is 0 Å². The number of alkyl halides is 3. The number of hydrogen-bond donors (Lipinski definition) is 1. The zero-order valence-electron chi connectivity index (χ0n) is 7.00. The van der Waals surface area contributed by atoms with E-state index in [1.165, 1.54) is 6.92 Å². The van der Waals surface area contributed by atoms with E-state index in [1.54, 1.807) is 0 Å². The quantitative estimate of drug-likeness (QED) is 0.603. The molecule has 1 unspecified atom stereocenters. The minimum Gasteiger partial charge on any atom is -0.452 e. The summed E-state index contributed by atoms with van der Waals surface area (Å²) in [4.78, 5) is 21.4. The number of carbonyl (C=O) groups is 2. The summed E-state index contributed by atoms with van der Waals surface area (Å²) in [6.07, 6.45) is -1.32. The third-order valence-corrected chi connectivity index (χ3v) is 1.13. The van der Waals surface area contributed by atoms with Crippen LogP contribution in [0.3, 0.4) is 0 Å². The van der Waals surface area contributed by atoms with Crippen molar-refractivity contribution in [3.05, 3.63) is 0 Å². The molecule has 0 amide bonds. The molecule has 0 aliphatic carbocycles. The zero-order chi connectivity index (χ0) is 11.4. The summed E-state index contributed by atoms with van der Waals surface area (Å²) in [5, 5.41) is 8.66. The van der Waals surface area contributed by atoms with Crippen molar-refractivity contribution in [2.75, 3.05) is 6.61 Å². The molecule has 0 rings (SSSR count). The summed E-state index contributed by atoms with van der Waals surface area (Å²) in [5.74, 6) is -2.00. The molecule has 0 heterocycles. The van der Waals surface area contributed by atoms with Crippen molar-refractivity contribution in [2.24, 2.45) is 0 Å². The first-order valence-corrected chi connectivity index (χ1v) is 4.49.